The predicted octanol–water partition coefficient (Wildman–Crippen LogP) is 2.25. The van der Waals surface area contributed by atoms with Crippen LogP contribution >= 0.6 is 0 Å². The summed E-state index contributed by atoms with van der Waals surface area (Å²) in [6.45, 7) is 5.05. The molecule has 0 bridgehead atoms. The first-order valence-corrected chi connectivity index (χ1v) is 6.51. The summed E-state index contributed by atoms with van der Waals surface area (Å²) in [6, 6.07) is 5.21. The standard InChI is InChI=1S/C15H17NO5/c1-8(2)20-10-5-6-11-12(7-10)16-15(18)14(13(11)19-4)21-9(3)17/h5-8H,1-4H3,(H,16,18). The van der Waals surface area contributed by atoms with Gasteiger partial charge in [0.2, 0.25) is 5.75 Å². The average molecular weight is 291 g/mol. The molecule has 0 aliphatic carbocycles. The lowest BCUT2D eigenvalue weighted by Crippen LogP contribution is -2.16. The molecule has 6 heteroatoms. The molecule has 21 heavy (non-hydrogen) atoms. The van der Waals surface area contributed by atoms with E-state index in [4.69, 9.17) is 14.2 Å². The number of aromatic nitrogens is 1. The molecule has 0 spiro atoms. The molecule has 0 amide bonds. The van der Waals surface area contributed by atoms with E-state index < -0.39 is 11.5 Å². The van der Waals surface area contributed by atoms with Gasteiger partial charge in [0.1, 0.15) is 5.75 Å². The Morgan fingerprint density at radius 2 is 1.95 bits per heavy atom. The van der Waals surface area contributed by atoms with Crippen LogP contribution in [0.25, 0.3) is 10.9 Å². The number of hydrogen-bond acceptors (Lipinski definition) is 5. The number of carbonyl (C=O) groups excluding carboxylic acids is 1. The maximum atomic E-state index is 12.0. The fourth-order valence-electron chi connectivity index (χ4n) is 2.01. The molecule has 1 N–H and O–H groups in total. The second kappa shape index (κ2) is 5.87. The van der Waals surface area contributed by atoms with Crippen molar-refractivity contribution in [3.63, 3.8) is 0 Å². The summed E-state index contributed by atoms with van der Waals surface area (Å²) >= 11 is 0. The summed E-state index contributed by atoms with van der Waals surface area (Å²) in [7, 11) is 1.42. The first kappa shape index (κ1) is 14.9. The quantitative estimate of drug-likeness (QED) is 0.874. The van der Waals surface area contributed by atoms with Gasteiger partial charge in [-0.3, -0.25) is 9.59 Å². The van der Waals surface area contributed by atoms with Gasteiger partial charge in [-0.15, -0.1) is 0 Å². The van der Waals surface area contributed by atoms with E-state index in [1.54, 1.807) is 18.2 Å². The zero-order chi connectivity index (χ0) is 15.6. The first-order chi connectivity index (χ1) is 9.92. The SMILES string of the molecule is COc1c(OC(C)=O)c(=O)[nH]c2cc(OC(C)C)ccc12. The summed E-state index contributed by atoms with van der Waals surface area (Å²) < 4.78 is 15.7. The summed E-state index contributed by atoms with van der Waals surface area (Å²) in [5.74, 6) is 0.128. The number of aromatic amines is 1. The van der Waals surface area contributed by atoms with Crippen molar-refractivity contribution in [1.29, 1.82) is 0 Å². The Kier molecular flexibility index (Phi) is 4.16. The third-order valence-corrected chi connectivity index (χ3v) is 2.72. The van der Waals surface area contributed by atoms with Crippen LogP contribution in [0, 0.1) is 0 Å². The monoisotopic (exact) mass is 291 g/mol. The molecule has 0 saturated carbocycles. The number of fused-ring (bicyclic) bond motifs is 1. The lowest BCUT2D eigenvalue weighted by molar-refractivity contribution is -0.132. The van der Waals surface area contributed by atoms with Gasteiger partial charge in [0.15, 0.2) is 5.75 Å². The highest BCUT2D eigenvalue weighted by molar-refractivity contribution is 5.89. The molecular weight excluding hydrogens is 274 g/mol. The lowest BCUT2D eigenvalue weighted by atomic mass is 10.2. The molecule has 0 saturated heterocycles. The fraction of sp³-hybridized carbons (Fsp3) is 0.333. The number of hydrogen-bond donors (Lipinski definition) is 1. The van der Waals surface area contributed by atoms with Crippen LogP contribution in [0.4, 0.5) is 0 Å². The number of methoxy groups -OCH3 is 1. The maximum absolute atomic E-state index is 12.0. The number of ether oxygens (including phenoxy) is 3. The summed E-state index contributed by atoms with van der Waals surface area (Å²) in [4.78, 5) is 25.8. The van der Waals surface area contributed by atoms with Crippen LogP contribution in [0.2, 0.25) is 0 Å². The van der Waals surface area contributed by atoms with Gasteiger partial charge in [-0.25, -0.2) is 0 Å². The van der Waals surface area contributed by atoms with Crippen LogP contribution in [0.3, 0.4) is 0 Å². The van der Waals surface area contributed by atoms with Crippen LogP contribution in [0.15, 0.2) is 23.0 Å². The van der Waals surface area contributed by atoms with Gasteiger partial charge in [-0.1, -0.05) is 0 Å². The van der Waals surface area contributed by atoms with Crippen LogP contribution in [0.1, 0.15) is 20.8 Å². The smallest absolute Gasteiger partial charge is 0.308 e. The molecule has 0 radical (unpaired) electrons. The number of benzene rings is 1. The van der Waals surface area contributed by atoms with Crippen LogP contribution in [-0.2, 0) is 4.79 Å². The molecule has 0 unspecified atom stereocenters. The van der Waals surface area contributed by atoms with Crippen LogP contribution in [0.5, 0.6) is 17.2 Å². The van der Waals surface area contributed by atoms with Gasteiger partial charge in [0.05, 0.1) is 18.7 Å². The Balaban J connectivity index is 2.63. The first-order valence-electron chi connectivity index (χ1n) is 6.51. The topological polar surface area (TPSA) is 77.6 Å². The highest BCUT2D eigenvalue weighted by Gasteiger charge is 2.17. The van der Waals surface area contributed by atoms with Crippen molar-refractivity contribution in [3.8, 4) is 17.2 Å². The van der Waals surface area contributed by atoms with Crippen molar-refractivity contribution in [3.05, 3.63) is 28.6 Å². The van der Waals surface area contributed by atoms with Gasteiger partial charge >= 0.3 is 5.97 Å². The van der Waals surface area contributed by atoms with Gasteiger partial charge < -0.3 is 19.2 Å². The largest absolute Gasteiger partial charge is 0.492 e. The maximum Gasteiger partial charge on any atom is 0.308 e. The molecule has 0 atom stereocenters. The van der Waals surface area contributed by atoms with E-state index in [0.717, 1.165) is 0 Å². The summed E-state index contributed by atoms with van der Waals surface area (Å²) in [5, 5.41) is 0.629. The number of rotatable bonds is 4. The van der Waals surface area contributed by atoms with E-state index in [-0.39, 0.29) is 17.6 Å². The van der Waals surface area contributed by atoms with Crippen molar-refractivity contribution in [2.24, 2.45) is 0 Å². The average Bonchev–Trinajstić information content (AvgIpc) is 2.38. The van der Waals surface area contributed by atoms with Crippen molar-refractivity contribution in [2.75, 3.05) is 7.11 Å². The van der Waals surface area contributed by atoms with Crippen LogP contribution < -0.4 is 19.8 Å². The molecule has 0 aliphatic heterocycles. The highest BCUT2D eigenvalue weighted by Crippen LogP contribution is 2.33. The highest BCUT2D eigenvalue weighted by atomic mass is 16.6. The van der Waals surface area contributed by atoms with E-state index in [1.165, 1.54) is 14.0 Å². The Bertz CT molecular complexity index is 733. The Morgan fingerprint density at radius 3 is 2.52 bits per heavy atom. The zero-order valence-corrected chi connectivity index (χ0v) is 12.4. The van der Waals surface area contributed by atoms with Crippen molar-refractivity contribution in [1.82, 2.24) is 4.98 Å². The number of H-pyrrole nitrogens is 1. The molecule has 112 valence electrons. The molecule has 6 nitrogen and oxygen atoms in total. The number of pyridine rings is 1. The van der Waals surface area contributed by atoms with Crippen LogP contribution in [-0.4, -0.2) is 24.2 Å². The van der Waals surface area contributed by atoms with E-state index in [1.807, 2.05) is 13.8 Å². The van der Waals surface area contributed by atoms with Gasteiger partial charge in [0, 0.05) is 18.4 Å². The lowest BCUT2D eigenvalue weighted by Gasteiger charge is -2.13. The normalized spacial score (nSPS) is 10.7. The Labute approximate surface area is 121 Å². The van der Waals surface area contributed by atoms with Gasteiger partial charge in [-0.2, -0.15) is 0 Å². The minimum atomic E-state index is -0.585. The summed E-state index contributed by atoms with van der Waals surface area (Å²) in [5.41, 5.74) is 0.0159. The molecule has 2 rings (SSSR count). The second-order valence-corrected chi connectivity index (χ2v) is 4.78. The minimum absolute atomic E-state index is 0.0244. The molecule has 2 aromatic rings. The van der Waals surface area contributed by atoms with E-state index in [0.29, 0.717) is 16.7 Å². The third-order valence-electron chi connectivity index (χ3n) is 2.72. The third kappa shape index (κ3) is 3.16. The second-order valence-electron chi connectivity index (χ2n) is 4.78. The molecule has 1 aromatic carbocycles. The molecule has 1 aromatic heterocycles. The zero-order valence-electron chi connectivity index (χ0n) is 12.4. The van der Waals surface area contributed by atoms with E-state index >= 15 is 0 Å². The molecule has 0 fully saturated rings. The molecule has 0 aliphatic rings. The molecule has 1 heterocycles. The van der Waals surface area contributed by atoms with Crippen molar-refractivity contribution >= 4 is 16.9 Å². The number of carbonyl (C=O) groups is 1. The summed E-state index contributed by atoms with van der Waals surface area (Å²) in [6.07, 6.45) is 0.0244. The Hall–Kier alpha value is -2.50. The minimum Gasteiger partial charge on any atom is -0.492 e. The Morgan fingerprint density at radius 1 is 1.24 bits per heavy atom. The number of nitrogens with one attached hydrogen (secondary N) is 1. The van der Waals surface area contributed by atoms with E-state index in [2.05, 4.69) is 4.98 Å². The molecular formula is C15H17NO5. The fourth-order valence-corrected chi connectivity index (χ4v) is 2.01. The van der Waals surface area contributed by atoms with E-state index in [9.17, 15) is 9.59 Å². The number of esters is 1. The van der Waals surface area contributed by atoms with Crippen molar-refractivity contribution < 1.29 is 19.0 Å². The van der Waals surface area contributed by atoms with Gasteiger partial charge in [0.25, 0.3) is 5.56 Å². The predicted molar refractivity (Wildman–Crippen MR) is 78.2 cm³/mol. The van der Waals surface area contributed by atoms with Gasteiger partial charge in [-0.05, 0) is 26.0 Å². The van der Waals surface area contributed by atoms with Crippen molar-refractivity contribution in [2.45, 2.75) is 26.9 Å².